The second kappa shape index (κ2) is 7.25. The maximum atomic E-state index is 12.9. The third-order valence-electron chi connectivity index (χ3n) is 4.03. The fourth-order valence-corrected chi connectivity index (χ4v) is 4.50. The Balaban J connectivity index is 0.00000192. The summed E-state index contributed by atoms with van der Waals surface area (Å²) in [5.74, 6) is 1.12. The van der Waals surface area contributed by atoms with Crippen molar-refractivity contribution in [2.75, 3.05) is 26.3 Å². The molecule has 1 fully saturated rings. The molecule has 0 radical (unpaired) electrons. The van der Waals surface area contributed by atoms with Crippen molar-refractivity contribution in [3.8, 4) is 11.5 Å². The molecule has 0 saturated carbocycles. The third kappa shape index (κ3) is 3.74. The predicted octanol–water partition coefficient (Wildman–Crippen LogP) is 1.64. The number of sulfonamides is 1. The second-order valence-electron chi connectivity index (χ2n) is 5.89. The molecule has 2 aliphatic rings. The molecular formula is C15H23ClN2O4S. The minimum absolute atomic E-state index is 0. The van der Waals surface area contributed by atoms with Gasteiger partial charge in [-0.15, -0.1) is 12.4 Å². The summed E-state index contributed by atoms with van der Waals surface area (Å²) in [5, 5.41) is 3.29. The van der Waals surface area contributed by atoms with Crippen LogP contribution in [0.15, 0.2) is 23.1 Å². The molecule has 0 aliphatic carbocycles. The molecule has 3 rings (SSSR count). The van der Waals surface area contributed by atoms with Crippen molar-refractivity contribution in [1.82, 2.24) is 9.62 Å². The lowest BCUT2D eigenvalue weighted by Crippen LogP contribution is -2.56. The number of hydrogen-bond acceptors (Lipinski definition) is 5. The molecule has 6 nitrogen and oxygen atoms in total. The van der Waals surface area contributed by atoms with E-state index in [-0.39, 0.29) is 29.4 Å². The van der Waals surface area contributed by atoms with Crippen LogP contribution < -0.4 is 14.8 Å². The lowest BCUT2D eigenvalue weighted by Gasteiger charge is -2.36. The van der Waals surface area contributed by atoms with Crippen molar-refractivity contribution >= 4 is 22.4 Å². The van der Waals surface area contributed by atoms with Gasteiger partial charge in [-0.25, -0.2) is 8.42 Å². The van der Waals surface area contributed by atoms with Gasteiger partial charge in [0, 0.05) is 37.7 Å². The smallest absolute Gasteiger partial charge is 0.243 e. The van der Waals surface area contributed by atoms with Crippen molar-refractivity contribution in [3.63, 3.8) is 0 Å². The van der Waals surface area contributed by atoms with E-state index < -0.39 is 10.0 Å². The number of hydrogen-bond donors (Lipinski definition) is 1. The molecule has 2 aliphatic heterocycles. The summed E-state index contributed by atoms with van der Waals surface area (Å²) in [7, 11) is -3.53. The number of nitrogens with zero attached hydrogens (tertiary/aromatic N) is 1. The Morgan fingerprint density at radius 1 is 1.17 bits per heavy atom. The Morgan fingerprint density at radius 3 is 2.61 bits per heavy atom. The summed E-state index contributed by atoms with van der Waals surface area (Å²) in [6, 6.07) is 4.94. The molecule has 23 heavy (non-hydrogen) atoms. The Kier molecular flexibility index (Phi) is 5.78. The summed E-state index contributed by atoms with van der Waals surface area (Å²) >= 11 is 0. The van der Waals surface area contributed by atoms with E-state index in [0.29, 0.717) is 37.8 Å². The number of nitrogens with one attached hydrogen (secondary N) is 1. The highest BCUT2D eigenvalue weighted by molar-refractivity contribution is 7.89. The number of rotatable bonds is 2. The molecular weight excluding hydrogens is 340 g/mol. The maximum Gasteiger partial charge on any atom is 0.243 e. The van der Waals surface area contributed by atoms with Gasteiger partial charge in [0.15, 0.2) is 11.5 Å². The number of halogens is 1. The van der Waals surface area contributed by atoms with Crippen molar-refractivity contribution < 1.29 is 17.9 Å². The first kappa shape index (κ1) is 18.3. The monoisotopic (exact) mass is 362 g/mol. The largest absolute Gasteiger partial charge is 0.490 e. The van der Waals surface area contributed by atoms with E-state index in [1.807, 2.05) is 13.8 Å². The molecule has 130 valence electrons. The molecule has 1 aromatic carbocycles. The number of benzene rings is 1. The van der Waals surface area contributed by atoms with E-state index in [9.17, 15) is 8.42 Å². The van der Waals surface area contributed by atoms with E-state index in [0.717, 1.165) is 6.42 Å². The van der Waals surface area contributed by atoms with E-state index in [4.69, 9.17) is 9.47 Å². The lowest BCUT2D eigenvalue weighted by molar-refractivity contribution is 0.244. The minimum atomic E-state index is -3.53. The van der Waals surface area contributed by atoms with Crippen LogP contribution in [0, 0.1) is 0 Å². The third-order valence-corrected chi connectivity index (χ3v) is 6.01. The molecule has 1 N–H and O–H groups in total. The SMILES string of the molecule is CC1CN(S(=O)(=O)c2ccc3c(c2)OCCCO3)C(C)CN1.Cl. The van der Waals surface area contributed by atoms with Crippen molar-refractivity contribution in [2.24, 2.45) is 0 Å². The maximum absolute atomic E-state index is 12.9. The standard InChI is InChI=1S/C15H22N2O4S.ClH/c1-11-10-17(12(2)9-16-11)22(18,19)13-4-5-14-15(8-13)21-7-3-6-20-14;/h4-5,8,11-12,16H,3,6-7,9-10H2,1-2H3;1H. The average Bonchev–Trinajstić information content (AvgIpc) is 2.74. The van der Waals surface area contributed by atoms with Crippen LogP contribution in [0.25, 0.3) is 0 Å². The molecule has 0 aromatic heterocycles. The highest BCUT2D eigenvalue weighted by atomic mass is 35.5. The van der Waals surface area contributed by atoms with Gasteiger partial charge < -0.3 is 14.8 Å². The van der Waals surface area contributed by atoms with Crippen molar-refractivity contribution in [2.45, 2.75) is 37.2 Å². The normalized spacial score (nSPS) is 25.3. The highest BCUT2D eigenvalue weighted by Crippen LogP contribution is 2.33. The van der Waals surface area contributed by atoms with Gasteiger partial charge in [-0.2, -0.15) is 4.31 Å². The first-order valence-electron chi connectivity index (χ1n) is 7.63. The highest BCUT2D eigenvalue weighted by Gasteiger charge is 2.34. The molecule has 0 bridgehead atoms. The van der Waals surface area contributed by atoms with Gasteiger partial charge in [0.25, 0.3) is 0 Å². The van der Waals surface area contributed by atoms with Crippen LogP contribution >= 0.6 is 12.4 Å². The molecule has 0 spiro atoms. The van der Waals surface area contributed by atoms with Crippen LogP contribution in [0.3, 0.4) is 0 Å². The summed E-state index contributed by atoms with van der Waals surface area (Å²) in [6.45, 7) is 6.16. The van der Waals surface area contributed by atoms with Gasteiger partial charge in [-0.05, 0) is 26.0 Å². The van der Waals surface area contributed by atoms with Gasteiger partial charge in [-0.3, -0.25) is 0 Å². The molecule has 2 atom stereocenters. The molecule has 0 amide bonds. The van der Waals surface area contributed by atoms with Crippen molar-refractivity contribution in [1.29, 1.82) is 0 Å². The van der Waals surface area contributed by atoms with Gasteiger partial charge in [0.05, 0.1) is 18.1 Å². The average molecular weight is 363 g/mol. The molecule has 1 saturated heterocycles. The van der Waals surface area contributed by atoms with Crippen LogP contribution in [0.1, 0.15) is 20.3 Å². The van der Waals surface area contributed by atoms with Crippen molar-refractivity contribution in [3.05, 3.63) is 18.2 Å². The Hall–Kier alpha value is -1.02. The predicted molar refractivity (Wildman–Crippen MR) is 90.1 cm³/mol. The topological polar surface area (TPSA) is 67.9 Å². The van der Waals surface area contributed by atoms with Gasteiger partial charge in [0.2, 0.25) is 10.0 Å². The lowest BCUT2D eigenvalue weighted by atomic mass is 10.2. The van der Waals surface area contributed by atoms with Gasteiger partial charge in [-0.1, -0.05) is 0 Å². The molecule has 1 aromatic rings. The van der Waals surface area contributed by atoms with Crippen LogP contribution in [0.5, 0.6) is 11.5 Å². The molecule has 8 heteroatoms. The second-order valence-corrected chi connectivity index (χ2v) is 7.78. The first-order chi connectivity index (χ1) is 10.5. The van der Waals surface area contributed by atoms with Crippen LogP contribution in [-0.4, -0.2) is 51.1 Å². The zero-order valence-electron chi connectivity index (χ0n) is 13.3. The number of piperazine rings is 1. The van der Waals surface area contributed by atoms with Gasteiger partial charge >= 0.3 is 0 Å². The Morgan fingerprint density at radius 2 is 1.87 bits per heavy atom. The zero-order chi connectivity index (χ0) is 15.7. The van der Waals surface area contributed by atoms with E-state index in [1.165, 1.54) is 0 Å². The van der Waals surface area contributed by atoms with E-state index >= 15 is 0 Å². The quantitative estimate of drug-likeness (QED) is 0.866. The van der Waals surface area contributed by atoms with E-state index in [1.54, 1.807) is 22.5 Å². The first-order valence-corrected chi connectivity index (χ1v) is 9.07. The number of fused-ring (bicyclic) bond motifs is 1. The zero-order valence-corrected chi connectivity index (χ0v) is 15.0. The van der Waals surface area contributed by atoms with Crippen LogP contribution in [-0.2, 0) is 10.0 Å². The summed E-state index contributed by atoms with van der Waals surface area (Å²) in [5.41, 5.74) is 0. The number of ether oxygens (including phenoxy) is 2. The summed E-state index contributed by atoms with van der Waals surface area (Å²) < 4.78 is 38.6. The van der Waals surface area contributed by atoms with E-state index in [2.05, 4.69) is 5.32 Å². The Bertz CT molecular complexity index is 653. The fraction of sp³-hybridized carbons (Fsp3) is 0.600. The minimum Gasteiger partial charge on any atom is -0.490 e. The van der Waals surface area contributed by atoms with Crippen LogP contribution in [0.4, 0.5) is 0 Å². The Labute approximate surface area is 143 Å². The fourth-order valence-electron chi connectivity index (χ4n) is 2.76. The van der Waals surface area contributed by atoms with Crippen LogP contribution in [0.2, 0.25) is 0 Å². The van der Waals surface area contributed by atoms with Gasteiger partial charge in [0.1, 0.15) is 0 Å². The summed E-state index contributed by atoms with van der Waals surface area (Å²) in [4.78, 5) is 0.262. The molecule has 2 unspecified atom stereocenters. The summed E-state index contributed by atoms with van der Waals surface area (Å²) in [6.07, 6.45) is 0.795. The molecule has 2 heterocycles.